The number of aliphatic imine (C=N–C) groups is 1. The van der Waals surface area contributed by atoms with Crippen LogP contribution in [-0.4, -0.2) is 17.8 Å². The summed E-state index contributed by atoms with van der Waals surface area (Å²) in [5, 5.41) is 5.83. The predicted octanol–water partition coefficient (Wildman–Crippen LogP) is 2.69. The maximum Gasteiger partial charge on any atom is 0.257 e. The lowest BCUT2D eigenvalue weighted by molar-refractivity contribution is -0.120. The third-order valence-corrected chi connectivity index (χ3v) is 3.70. The minimum Gasteiger partial charge on any atom is -0.296 e. The van der Waals surface area contributed by atoms with Crippen LogP contribution in [0.4, 0.5) is 0 Å². The molecule has 0 unspecified atom stereocenters. The highest BCUT2D eigenvalue weighted by Gasteiger charge is 2.23. The maximum atomic E-state index is 12.1. The Balaban J connectivity index is 1.79. The molecule has 0 fully saturated rings. The van der Waals surface area contributed by atoms with E-state index in [1.807, 2.05) is 18.2 Å². The van der Waals surface area contributed by atoms with Crippen molar-refractivity contribution in [3.63, 3.8) is 0 Å². The summed E-state index contributed by atoms with van der Waals surface area (Å²) >= 11 is 5.87. The van der Waals surface area contributed by atoms with Crippen molar-refractivity contribution in [2.45, 2.75) is 12.5 Å². The van der Waals surface area contributed by atoms with Crippen LogP contribution in [0, 0.1) is 0 Å². The second-order valence-electron chi connectivity index (χ2n) is 5.12. The van der Waals surface area contributed by atoms with Crippen LogP contribution in [0.25, 0.3) is 0 Å². The molecule has 2 N–H and O–H groups in total. The van der Waals surface area contributed by atoms with Gasteiger partial charge in [0.1, 0.15) is 0 Å². The number of amides is 2. The fourth-order valence-electron chi connectivity index (χ4n) is 2.30. The molecule has 0 bridgehead atoms. The van der Waals surface area contributed by atoms with Crippen molar-refractivity contribution in [2.24, 2.45) is 4.99 Å². The minimum absolute atomic E-state index is 0.162. The third kappa shape index (κ3) is 3.76. The largest absolute Gasteiger partial charge is 0.296 e. The van der Waals surface area contributed by atoms with Crippen LogP contribution in [0.2, 0.25) is 5.02 Å². The fraction of sp³-hybridized carbons (Fsp3) is 0.118. The SMILES string of the molecule is O=C1C[C@@H](c2ccc(Cl)cc2)N=C(NC(=O)c2ccccc2)N1. The van der Waals surface area contributed by atoms with Gasteiger partial charge in [-0.3, -0.25) is 20.2 Å². The molecular weight excluding hydrogens is 314 g/mol. The summed E-state index contributed by atoms with van der Waals surface area (Å²) in [6.07, 6.45) is 0.229. The van der Waals surface area contributed by atoms with Crippen LogP contribution >= 0.6 is 11.6 Å². The Hall–Kier alpha value is -2.66. The van der Waals surface area contributed by atoms with E-state index in [0.717, 1.165) is 5.56 Å². The zero-order valence-electron chi connectivity index (χ0n) is 12.1. The summed E-state index contributed by atoms with van der Waals surface area (Å²) in [5.41, 5.74) is 1.37. The van der Waals surface area contributed by atoms with Crippen molar-refractivity contribution in [2.75, 3.05) is 0 Å². The van der Waals surface area contributed by atoms with Crippen LogP contribution in [0.5, 0.6) is 0 Å². The van der Waals surface area contributed by atoms with Crippen molar-refractivity contribution in [1.29, 1.82) is 0 Å². The zero-order chi connectivity index (χ0) is 16.2. The van der Waals surface area contributed by atoms with E-state index in [-0.39, 0.29) is 30.2 Å². The number of carbonyl (C=O) groups is 2. The predicted molar refractivity (Wildman–Crippen MR) is 88.3 cm³/mol. The highest BCUT2D eigenvalue weighted by molar-refractivity contribution is 6.30. The molecular formula is C17H14ClN3O2. The standard InChI is InChI=1S/C17H14ClN3O2/c18-13-8-6-11(7-9-13)14-10-15(22)20-17(19-14)21-16(23)12-4-2-1-3-5-12/h1-9,14H,10H2,(H2,19,20,21,22,23)/t14-/m0/s1. The molecule has 0 radical (unpaired) electrons. The van der Waals surface area contributed by atoms with Gasteiger partial charge in [-0.05, 0) is 29.8 Å². The van der Waals surface area contributed by atoms with Gasteiger partial charge in [0.15, 0.2) is 0 Å². The van der Waals surface area contributed by atoms with Gasteiger partial charge in [-0.15, -0.1) is 0 Å². The van der Waals surface area contributed by atoms with Crippen molar-refractivity contribution in [3.05, 3.63) is 70.7 Å². The number of benzene rings is 2. The first kappa shape index (κ1) is 15.2. The van der Waals surface area contributed by atoms with Gasteiger partial charge < -0.3 is 0 Å². The Morgan fingerprint density at radius 3 is 2.52 bits per heavy atom. The summed E-state index contributed by atoms with van der Waals surface area (Å²) in [4.78, 5) is 28.4. The quantitative estimate of drug-likeness (QED) is 0.890. The fourth-order valence-corrected chi connectivity index (χ4v) is 2.43. The van der Waals surface area contributed by atoms with E-state index >= 15 is 0 Å². The van der Waals surface area contributed by atoms with Gasteiger partial charge in [-0.1, -0.05) is 41.9 Å². The molecule has 0 saturated heterocycles. The highest BCUT2D eigenvalue weighted by atomic mass is 35.5. The molecule has 1 aliphatic heterocycles. The molecule has 0 aromatic heterocycles. The molecule has 2 amide bonds. The molecule has 116 valence electrons. The topological polar surface area (TPSA) is 70.6 Å². The van der Waals surface area contributed by atoms with Gasteiger partial charge >= 0.3 is 0 Å². The van der Waals surface area contributed by atoms with Crippen molar-refractivity contribution in [1.82, 2.24) is 10.6 Å². The van der Waals surface area contributed by atoms with E-state index in [9.17, 15) is 9.59 Å². The van der Waals surface area contributed by atoms with Crippen LogP contribution < -0.4 is 10.6 Å². The van der Waals surface area contributed by atoms with Gasteiger partial charge in [0.25, 0.3) is 5.91 Å². The Labute approximate surface area is 138 Å². The molecule has 0 saturated carbocycles. The van der Waals surface area contributed by atoms with Gasteiger partial charge in [-0.2, -0.15) is 0 Å². The van der Waals surface area contributed by atoms with Crippen LogP contribution in [0.1, 0.15) is 28.4 Å². The molecule has 2 aromatic carbocycles. The van der Waals surface area contributed by atoms with E-state index < -0.39 is 0 Å². The Kier molecular flexibility index (Phi) is 4.39. The molecule has 0 aliphatic carbocycles. The van der Waals surface area contributed by atoms with Crippen molar-refractivity contribution >= 4 is 29.4 Å². The number of hydrogen-bond acceptors (Lipinski definition) is 3. The molecule has 1 atom stereocenters. The van der Waals surface area contributed by atoms with Crippen molar-refractivity contribution < 1.29 is 9.59 Å². The summed E-state index contributed by atoms with van der Waals surface area (Å²) in [5.74, 6) is -0.347. The van der Waals surface area contributed by atoms with E-state index in [2.05, 4.69) is 15.6 Å². The summed E-state index contributed by atoms with van der Waals surface area (Å²) in [6, 6.07) is 15.6. The lowest BCUT2D eigenvalue weighted by atomic mass is 10.0. The smallest absolute Gasteiger partial charge is 0.257 e. The first-order valence-corrected chi connectivity index (χ1v) is 7.49. The minimum atomic E-state index is -0.341. The maximum absolute atomic E-state index is 12.1. The first-order chi connectivity index (χ1) is 11.1. The normalized spacial score (nSPS) is 17.2. The van der Waals surface area contributed by atoms with E-state index in [0.29, 0.717) is 10.6 Å². The third-order valence-electron chi connectivity index (χ3n) is 3.44. The molecule has 6 heteroatoms. The molecule has 2 aromatic rings. The lowest BCUT2D eigenvalue weighted by Gasteiger charge is -2.21. The van der Waals surface area contributed by atoms with E-state index in [1.165, 1.54) is 0 Å². The van der Waals surface area contributed by atoms with Gasteiger partial charge in [0, 0.05) is 10.6 Å². The lowest BCUT2D eigenvalue weighted by Crippen LogP contribution is -2.46. The second kappa shape index (κ2) is 6.62. The van der Waals surface area contributed by atoms with E-state index in [4.69, 9.17) is 11.6 Å². The van der Waals surface area contributed by atoms with Crippen LogP contribution in [-0.2, 0) is 4.79 Å². The number of carbonyl (C=O) groups excluding carboxylic acids is 2. The molecule has 3 rings (SSSR count). The number of rotatable bonds is 2. The number of nitrogens with one attached hydrogen (secondary N) is 2. The summed E-state index contributed by atoms with van der Waals surface area (Å²) < 4.78 is 0. The van der Waals surface area contributed by atoms with Gasteiger partial charge in [-0.25, -0.2) is 4.99 Å². The molecule has 23 heavy (non-hydrogen) atoms. The zero-order valence-corrected chi connectivity index (χ0v) is 12.9. The van der Waals surface area contributed by atoms with Crippen LogP contribution in [0.15, 0.2) is 59.6 Å². The second-order valence-corrected chi connectivity index (χ2v) is 5.55. The van der Waals surface area contributed by atoms with Gasteiger partial charge in [0.2, 0.25) is 11.9 Å². The summed E-state index contributed by atoms with van der Waals surface area (Å²) in [6.45, 7) is 0. The average Bonchev–Trinajstić information content (AvgIpc) is 2.56. The van der Waals surface area contributed by atoms with E-state index in [1.54, 1.807) is 36.4 Å². The van der Waals surface area contributed by atoms with Gasteiger partial charge in [0.05, 0.1) is 12.5 Å². The van der Waals surface area contributed by atoms with Crippen molar-refractivity contribution in [3.8, 4) is 0 Å². The van der Waals surface area contributed by atoms with Crippen LogP contribution in [0.3, 0.4) is 0 Å². The molecule has 5 nitrogen and oxygen atoms in total. The number of hydrogen-bond donors (Lipinski definition) is 2. The Morgan fingerprint density at radius 1 is 1.13 bits per heavy atom. The molecule has 0 spiro atoms. The molecule has 1 heterocycles. The average molecular weight is 328 g/mol. The highest BCUT2D eigenvalue weighted by Crippen LogP contribution is 2.24. The number of guanidine groups is 1. The Morgan fingerprint density at radius 2 is 1.83 bits per heavy atom. The number of nitrogens with zero attached hydrogens (tertiary/aromatic N) is 1. The Bertz CT molecular complexity index is 757. The number of halogens is 1. The first-order valence-electron chi connectivity index (χ1n) is 7.11. The summed E-state index contributed by atoms with van der Waals surface area (Å²) in [7, 11) is 0. The monoisotopic (exact) mass is 327 g/mol. The molecule has 1 aliphatic rings.